The zero-order valence-corrected chi connectivity index (χ0v) is 12.0. The van der Waals surface area contributed by atoms with Crippen LogP contribution in [0.1, 0.15) is 33.6 Å². The largest absolute Gasteiger partial charge is 0.345 e. The predicted molar refractivity (Wildman–Crippen MR) is 72.8 cm³/mol. The van der Waals surface area contributed by atoms with Crippen molar-refractivity contribution in [2.75, 3.05) is 33.7 Å². The smallest absolute Gasteiger partial charge is 0.226 e. The van der Waals surface area contributed by atoms with Crippen molar-refractivity contribution in [2.45, 2.75) is 33.6 Å². The van der Waals surface area contributed by atoms with Gasteiger partial charge in [0.15, 0.2) is 0 Å². The molecule has 0 aromatic rings. The second kappa shape index (κ2) is 7.67. The third kappa shape index (κ3) is 7.34. The van der Waals surface area contributed by atoms with Crippen molar-refractivity contribution in [1.29, 1.82) is 0 Å². The van der Waals surface area contributed by atoms with Crippen LogP contribution in [0.2, 0.25) is 0 Å². The van der Waals surface area contributed by atoms with E-state index in [2.05, 4.69) is 26.1 Å². The van der Waals surface area contributed by atoms with E-state index in [9.17, 15) is 4.79 Å². The van der Waals surface area contributed by atoms with E-state index in [1.165, 1.54) is 0 Å². The lowest BCUT2D eigenvalue weighted by Crippen LogP contribution is -2.39. The van der Waals surface area contributed by atoms with Gasteiger partial charge in [0.2, 0.25) is 5.91 Å². The van der Waals surface area contributed by atoms with Gasteiger partial charge in [-0.15, -0.1) is 0 Å². The number of nitrogens with one attached hydrogen (secondary N) is 1. The first-order valence-corrected chi connectivity index (χ1v) is 6.41. The zero-order valence-electron chi connectivity index (χ0n) is 12.0. The van der Waals surface area contributed by atoms with Crippen molar-refractivity contribution in [1.82, 2.24) is 10.2 Å². The van der Waals surface area contributed by atoms with E-state index in [0.717, 1.165) is 25.9 Å². The number of nitrogens with two attached hydrogens (primary N) is 1. The van der Waals surface area contributed by atoms with E-state index in [4.69, 9.17) is 5.73 Å². The highest BCUT2D eigenvalue weighted by atomic mass is 16.2. The van der Waals surface area contributed by atoms with Gasteiger partial charge in [0.25, 0.3) is 0 Å². The van der Waals surface area contributed by atoms with Crippen molar-refractivity contribution in [2.24, 2.45) is 17.1 Å². The topological polar surface area (TPSA) is 58.4 Å². The maximum atomic E-state index is 12.2. The van der Waals surface area contributed by atoms with Gasteiger partial charge >= 0.3 is 0 Å². The summed E-state index contributed by atoms with van der Waals surface area (Å²) in [5, 5.41) is 3.08. The molecule has 0 saturated carbocycles. The molecule has 102 valence electrons. The van der Waals surface area contributed by atoms with Crippen LogP contribution in [-0.2, 0) is 4.79 Å². The Morgan fingerprint density at radius 1 is 1.41 bits per heavy atom. The summed E-state index contributed by atoms with van der Waals surface area (Å²) in [7, 11) is 3.79. The summed E-state index contributed by atoms with van der Waals surface area (Å²) in [4.78, 5) is 14.0. The summed E-state index contributed by atoms with van der Waals surface area (Å²) in [6.45, 7) is 8.59. The molecule has 0 aliphatic rings. The van der Waals surface area contributed by atoms with Gasteiger partial charge in [-0.1, -0.05) is 20.8 Å². The SMILES string of the molecule is CNCCCN(C)C(=O)C(CN)CC(C)(C)C. The molecule has 0 aromatic carbocycles. The molecule has 0 fully saturated rings. The molecule has 4 heteroatoms. The highest BCUT2D eigenvalue weighted by molar-refractivity contribution is 5.78. The van der Waals surface area contributed by atoms with Crippen molar-refractivity contribution in [3.8, 4) is 0 Å². The number of carbonyl (C=O) groups excluding carboxylic acids is 1. The van der Waals surface area contributed by atoms with Gasteiger partial charge in [-0.3, -0.25) is 4.79 Å². The molecule has 1 unspecified atom stereocenters. The Kier molecular flexibility index (Phi) is 7.39. The molecule has 1 amide bonds. The summed E-state index contributed by atoms with van der Waals surface area (Å²) in [5.74, 6) is 0.133. The molecule has 0 aliphatic carbocycles. The highest BCUT2D eigenvalue weighted by Gasteiger charge is 2.25. The van der Waals surface area contributed by atoms with Crippen LogP contribution in [0.25, 0.3) is 0 Å². The average molecular weight is 243 g/mol. The molecule has 0 spiro atoms. The van der Waals surface area contributed by atoms with Crippen molar-refractivity contribution in [3.63, 3.8) is 0 Å². The van der Waals surface area contributed by atoms with Gasteiger partial charge in [0, 0.05) is 20.1 Å². The molecular weight excluding hydrogens is 214 g/mol. The standard InChI is InChI=1S/C13H29N3O/c1-13(2,3)9-11(10-14)12(17)16(5)8-6-7-15-4/h11,15H,6-10,14H2,1-5H3. The molecule has 0 radical (unpaired) electrons. The molecule has 17 heavy (non-hydrogen) atoms. The van der Waals surface area contributed by atoms with Crippen LogP contribution in [0.5, 0.6) is 0 Å². The minimum absolute atomic E-state index is 0.0467. The second-order valence-electron chi connectivity index (χ2n) is 5.91. The van der Waals surface area contributed by atoms with Crippen LogP contribution in [0, 0.1) is 11.3 Å². The Morgan fingerprint density at radius 3 is 2.41 bits per heavy atom. The van der Waals surface area contributed by atoms with Crippen LogP contribution in [0.4, 0.5) is 0 Å². The molecule has 0 heterocycles. The molecular formula is C13H29N3O. The highest BCUT2D eigenvalue weighted by Crippen LogP contribution is 2.24. The fourth-order valence-corrected chi connectivity index (χ4v) is 1.93. The third-order valence-electron chi connectivity index (χ3n) is 2.79. The van der Waals surface area contributed by atoms with Crippen molar-refractivity contribution < 1.29 is 4.79 Å². The van der Waals surface area contributed by atoms with E-state index in [0.29, 0.717) is 6.54 Å². The molecule has 0 aliphatic heterocycles. The first-order valence-electron chi connectivity index (χ1n) is 6.41. The molecule has 1 atom stereocenters. The minimum atomic E-state index is -0.0467. The number of hydrogen-bond donors (Lipinski definition) is 2. The Bertz CT molecular complexity index is 223. The van der Waals surface area contributed by atoms with Gasteiger partial charge in [0.05, 0.1) is 5.92 Å². The molecule has 0 bridgehead atoms. The van der Waals surface area contributed by atoms with Gasteiger partial charge in [0.1, 0.15) is 0 Å². The third-order valence-corrected chi connectivity index (χ3v) is 2.79. The normalized spacial score (nSPS) is 13.5. The summed E-state index contributed by atoms with van der Waals surface area (Å²) in [6.07, 6.45) is 1.82. The average Bonchev–Trinajstić information content (AvgIpc) is 2.23. The van der Waals surface area contributed by atoms with Crippen LogP contribution in [-0.4, -0.2) is 44.5 Å². The van der Waals surface area contributed by atoms with E-state index >= 15 is 0 Å². The number of amides is 1. The monoisotopic (exact) mass is 243 g/mol. The second-order valence-corrected chi connectivity index (χ2v) is 5.91. The fourth-order valence-electron chi connectivity index (χ4n) is 1.93. The van der Waals surface area contributed by atoms with Crippen LogP contribution in [0.15, 0.2) is 0 Å². The van der Waals surface area contributed by atoms with E-state index in [-0.39, 0.29) is 17.2 Å². The molecule has 0 aromatic heterocycles. The first kappa shape index (κ1) is 16.4. The number of rotatable bonds is 7. The fraction of sp³-hybridized carbons (Fsp3) is 0.923. The zero-order chi connectivity index (χ0) is 13.5. The quantitative estimate of drug-likeness (QED) is 0.658. The molecule has 3 N–H and O–H groups in total. The number of nitrogens with zero attached hydrogens (tertiary/aromatic N) is 1. The van der Waals surface area contributed by atoms with E-state index < -0.39 is 0 Å². The summed E-state index contributed by atoms with van der Waals surface area (Å²) < 4.78 is 0. The molecule has 4 nitrogen and oxygen atoms in total. The van der Waals surface area contributed by atoms with Gasteiger partial charge < -0.3 is 16.0 Å². The Hall–Kier alpha value is -0.610. The van der Waals surface area contributed by atoms with Gasteiger partial charge in [-0.05, 0) is 31.8 Å². The van der Waals surface area contributed by atoms with Crippen molar-refractivity contribution >= 4 is 5.91 Å². The predicted octanol–water partition coefficient (Wildman–Crippen LogP) is 1.07. The van der Waals surface area contributed by atoms with Crippen LogP contribution >= 0.6 is 0 Å². The Labute approximate surface area is 106 Å². The lowest BCUT2D eigenvalue weighted by molar-refractivity contribution is -0.134. The summed E-state index contributed by atoms with van der Waals surface area (Å²) in [5.41, 5.74) is 5.86. The van der Waals surface area contributed by atoms with Crippen LogP contribution < -0.4 is 11.1 Å². The van der Waals surface area contributed by atoms with E-state index in [1.807, 2.05) is 14.1 Å². The van der Waals surface area contributed by atoms with Crippen LogP contribution in [0.3, 0.4) is 0 Å². The lowest BCUT2D eigenvalue weighted by atomic mass is 9.84. The minimum Gasteiger partial charge on any atom is -0.345 e. The summed E-state index contributed by atoms with van der Waals surface area (Å²) in [6, 6.07) is 0. The maximum Gasteiger partial charge on any atom is 0.226 e. The number of hydrogen-bond acceptors (Lipinski definition) is 3. The summed E-state index contributed by atoms with van der Waals surface area (Å²) >= 11 is 0. The van der Waals surface area contributed by atoms with Gasteiger partial charge in [-0.25, -0.2) is 0 Å². The Balaban J connectivity index is 4.23. The van der Waals surface area contributed by atoms with Crippen molar-refractivity contribution in [3.05, 3.63) is 0 Å². The molecule has 0 rings (SSSR count). The number of carbonyl (C=O) groups is 1. The lowest BCUT2D eigenvalue weighted by Gasteiger charge is -2.28. The van der Waals surface area contributed by atoms with Gasteiger partial charge in [-0.2, -0.15) is 0 Å². The maximum absolute atomic E-state index is 12.2. The molecule has 0 saturated heterocycles. The Morgan fingerprint density at radius 2 is 2.00 bits per heavy atom. The first-order chi connectivity index (χ1) is 7.81. The van der Waals surface area contributed by atoms with E-state index in [1.54, 1.807) is 4.90 Å².